The van der Waals surface area contributed by atoms with Gasteiger partial charge in [0, 0.05) is 75.1 Å². The molecule has 0 atom stereocenters. The SMILES string of the molecule is CC(C)C(=O)C(F)(F)F.CC(C)C(=O)c1ccc(C(=O)O)o1.CC(C)C(=O)c1ccc(C(=O)O)s1.CC(C)C(=O)c1ccco1.CC(C)C(=O)c1cccs1.CC(C)C(=O)c1ccoc1.CC(C)C(=O)c1csc(C(=O)O)c1.COC(=O)c1cc(C(=O)C(C)C)cs1.COC(=O)c1ccc(C(=O)C(C)C)s1. The number of rotatable bonds is 22. The number of carboxylic acids is 3. The van der Waals surface area contributed by atoms with E-state index >= 15 is 0 Å². The number of furan rings is 3. The number of aromatic carboxylic acids is 3. The first-order chi connectivity index (χ1) is 49.2. The molecule has 0 radical (unpaired) electrons. The zero-order chi connectivity index (χ0) is 81.8. The summed E-state index contributed by atoms with van der Waals surface area (Å²) in [5, 5.41) is 31.0. The predicted octanol–water partition coefficient (Wildman–Crippen LogP) is 19.7. The van der Waals surface area contributed by atoms with E-state index in [9.17, 15) is 80.3 Å². The number of carbonyl (C=O) groups is 14. The van der Waals surface area contributed by atoms with Crippen molar-refractivity contribution in [1.82, 2.24) is 0 Å². The first-order valence-electron chi connectivity index (χ1n) is 32.6. The Labute approximate surface area is 633 Å². The lowest BCUT2D eigenvalue weighted by atomic mass is 10.0. The van der Waals surface area contributed by atoms with Crippen LogP contribution in [0.5, 0.6) is 0 Å². The van der Waals surface area contributed by atoms with E-state index in [1.165, 1.54) is 105 Å². The van der Waals surface area contributed by atoms with Gasteiger partial charge in [0.05, 0.1) is 46.9 Å². The predicted molar refractivity (Wildman–Crippen MR) is 401 cm³/mol. The van der Waals surface area contributed by atoms with Crippen LogP contribution in [0.15, 0.2) is 127 Å². The minimum atomic E-state index is -4.66. The Bertz CT molecular complexity index is 3770. The summed E-state index contributed by atoms with van der Waals surface area (Å²) in [6, 6.07) is 20.8. The molecule has 3 N–H and O–H groups in total. The second-order valence-corrected chi connectivity index (χ2v) is 29.9. The molecule has 8 aromatic heterocycles. The molecule has 22 nitrogen and oxygen atoms in total. The van der Waals surface area contributed by atoms with Crippen LogP contribution in [-0.2, 0) is 14.3 Å². The van der Waals surface area contributed by atoms with Crippen molar-refractivity contribution in [3.63, 3.8) is 0 Å². The fourth-order valence-corrected chi connectivity index (χ4v) is 11.4. The van der Waals surface area contributed by atoms with Crippen molar-refractivity contribution in [2.75, 3.05) is 14.2 Å². The lowest BCUT2D eigenvalue weighted by Gasteiger charge is -2.06. The lowest BCUT2D eigenvalue weighted by Crippen LogP contribution is -2.27. The van der Waals surface area contributed by atoms with Gasteiger partial charge in [-0.2, -0.15) is 13.2 Å². The van der Waals surface area contributed by atoms with Crippen LogP contribution in [0.2, 0.25) is 0 Å². The molecular weight excluding hydrogens is 1480 g/mol. The van der Waals surface area contributed by atoms with Gasteiger partial charge < -0.3 is 38.0 Å². The van der Waals surface area contributed by atoms with Crippen LogP contribution in [0.3, 0.4) is 0 Å². The molecule has 0 saturated heterocycles. The maximum atomic E-state index is 11.5. The highest BCUT2D eigenvalue weighted by Gasteiger charge is 2.39. The second-order valence-electron chi connectivity index (χ2n) is 24.9. The zero-order valence-corrected chi connectivity index (χ0v) is 66.5. The standard InChI is InChI=1S/2C10H12O3S.C9H10O4.2C9H10O3S.2C8H10O2.C8H10OS.C5H7F3O/c1-6(2)9(11)7-4-8(14-5-7)10(12)13-3;1-6(2)9(11)7-4-5-8(14-7)10(12)13-3;1-5(2)8(10)6-3-4-7(13-6)9(11)12;1-5(2)8(10)6-3-7(9(11)12)13-4-6;1-5(2)8(10)6-3-4-7(13-6)9(11)12;1-6(2)8(9)7-3-4-10-5-7;2*1-6(2)8(9)7-4-3-5-10-7;1-3(2)4(9)5(6,7)8/h2*4-6H,1-3H3;3*3-5H,1-2H3,(H,11,12);3*3-6H,1-2H3;3H,1-2H3. The highest BCUT2D eigenvalue weighted by atomic mass is 32.1. The van der Waals surface area contributed by atoms with Crippen LogP contribution in [-0.4, -0.2) is 118 Å². The summed E-state index contributed by atoms with van der Waals surface area (Å²) in [7, 11) is 2.65. The van der Waals surface area contributed by atoms with Gasteiger partial charge in [-0.15, -0.1) is 56.7 Å². The van der Waals surface area contributed by atoms with Gasteiger partial charge in [-0.05, 0) is 78.2 Å². The zero-order valence-electron chi connectivity index (χ0n) is 62.4. The number of thiophene rings is 5. The van der Waals surface area contributed by atoms with Crippen LogP contribution in [0.4, 0.5) is 13.2 Å². The van der Waals surface area contributed by atoms with Crippen LogP contribution < -0.4 is 0 Å². The molecule has 0 saturated carbocycles. The van der Waals surface area contributed by atoms with Crippen LogP contribution in [0, 0.1) is 53.3 Å². The first kappa shape index (κ1) is 96.5. The normalized spacial score (nSPS) is 10.5. The average molecular weight is 1570 g/mol. The van der Waals surface area contributed by atoms with Gasteiger partial charge in [-0.3, -0.25) is 43.2 Å². The third-order valence-corrected chi connectivity index (χ3v) is 17.9. The summed E-state index contributed by atoms with van der Waals surface area (Å²) in [4.78, 5) is 158. The Balaban J connectivity index is 0.00000117. The van der Waals surface area contributed by atoms with Gasteiger partial charge in [0.2, 0.25) is 17.3 Å². The Kier molecular flexibility index (Phi) is 43.6. The molecule has 0 spiro atoms. The van der Waals surface area contributed by atoms with Gasteiger partial charge in [-0.25, -0.2) is 24.0 Å². The Morgan fingerprint density at radius 1 is 0.368 bits per heavy atom. The quantitative estimate of drug-likeness (QED) is 0.0419. The molecule has 0 aliphatic heterocycles. The number of Topliss-reactive ketones (excluding diaryl/α,β-unsaturated/α-hetero) is 9. The van der Waals surface area contributed by atoms with E-state index in [0.29, 0.717) is 42.0 Å². The second kappa shape index (κ2) is 47.9. The number of esters is 2. The molecule has 0 aliphatic rings. The maximum Gasteiger partial charge on any atom is 0.450 e. The molecule has 578 valence electrons. The molecule has 0 aromatic carbocycles. The Morgan fingerprint density at radius 2 is 0.755 bits per heavy atom. The molecule has 0 amide bonds. The van der Waals surface area contributed by atoms with Gasteiger partial charge in [-0.1, -0.05) is 131 Å². The third kappa shape index (κ3) is 34.6. The van der Waals surface area contributed by atoms with Crippen LogP contribution in [0.25, 0.3) is 0 Å². The molecular formula is C76H91F3O22S5. The smallest absolute Gasteiger partial charge is 0.450 e. The molecule has 106 heavy (non-hydrogen) atoms. The van der Waals surface area contributed by atoms with Crippen molar-refractivity contribution >= 4 is 139 Å². The van der Waals surface area contributed by atoms with Gasteiger partial charge in [0.25, 0.3) is 0 Å². The van der Waals surface area contributed by atoms with E-state index in [-0.39, 0.29) is 115 Å². The summed E-state index contributed by atoms with van der Waals surface area (Å²) in [6.07, 6.45) is -0.165. The first-order valence-corrected chi connectivity index (χ1v) is 36.8. The fourth-order valence-electron chi connectivity index (χ4n) is 7.09. The molecule has 8 rings (SSSR count). The number of ketones is 9. The van der Waals surface area contributed by atoms with E-state index < -0.39 is 47.7 Å². The van der Waals surface area contributed by atoms with Crippen molar-refractivity contribution in [3.05, 3.63) is 182 Å². The lowest BCUT2D eigenvalue weighted by molar-refractivity contribution is -0.174. The largest absolute Gasteiger partial charge is 0.477 e. The summed E-state index contributed by atoms with van der Waals surface area (Å²) in [5.74, 6) is -6.07. The number of halogens is 3. The Hall–Kier alpha value is -9.49. The summed E-state index contributed by atoms with van der Waals surface area (Å²) >= 11 is 6.03. The summed E-state index contributed by atoms with van der Waals surface area (Å²) < 4.78 is 57.6. The number of carboxylic acid groups (broad SMARTS) is 3. The number of hydrogen-bond donors (Lipinski definition) is 3. The minimum absolute atomic E-state index is 0.00231. The van der Waals surface area contributed by atoms with Gasteiger partial charge in [0.1, 0.15) is 25.8 Å². The minimum Gasteiger partial charge on any atom is -0.477 e. The van der Waals surface area contributed by atoms with Crippen molar-refractivity contribution < 1.29 is 118 Å². The van der Waals surface area contributed by atoms with E-state index in [1.807, 2.05) is 86.8 Å². The molecule has 30 heteroatoms. The molecule has 8 aromatic rings. The van der Waals surface area contributed by atoms with Crippen molar-refractivity contribution in [2.45, 2.75) is 131 Å². The van der Waals surface area contributed by atoms with E-state index in [1.54, 1.807) is 94.8 Å². The van der Waals surface area contributed by atoms with Gasteiger partial charge in [0.15, 0.2) is 52.0 Å². The molecule has 0 aliphatic carbocycles. The van der Waals surface area contributed by atoms with E-state index in [4.69, 9.17) is 28.6 Å². The highest BCUT2D eigenvalue weighted by molar-refractivity contribution is 7.16. The average Bonchev–Trinajstić information content (AvgIpc) is 1.74. The number of alkyl halides is 3. The molecule has 8 heterocycles. The third-order valence-electron chi connectivity index (χ3n) is 13.1. The van der Waals surface area contributed by atoms with E-state index in [0.717, 1.165) is 27.6 Å². The number of ether oxygens (including phenoxy) is 2. The maximum absolute atomic E-state index is 11.5. The molecule has 0 fully saturated rings. The summed E-state index contributed by atoms with van der Waals surface area (Å²) in [6.45, 7) is 31.7. The fraction of sp³-hybridized carbons (Fsp3) is 0.395. The van der Waals surface area contributed by atoms with Crippen LogP contribution >= 0.6 is 56.7 Å². The monoisotopic (exact) mass is 1570 g/mol. The summed E-state index contributed by atoms with van der Waals surface area (Å²) in [5.41, 5.74) is 1.75. The van der Waals surface area contributed by atoms with E-state index in [2.05, 4.69) is 9.47 Å². The van der Waals surface area contributed by atoms with Crippen LogP contribution in [0.1, 0.15) is 255 Å². The molecule has 0 bridgehead atoms. The molecule has 0 unspecified atom stereocenters. The number of methoxy groups -OCH3 is 2. The number of carbonyl (C=O) groups excluding carboxylic acids is 11. The number of hydrogen-bond acceptors (Lipinski definition) is 24. The van der Waals surface area contributed by atoms with Crippen molar-refractivity contribution in [2.24, 2.45) is 53.3 Å². The van der Waals surface area contributed by atoms with Crippen molar-refractivity contribution in [1.29, 1.82) is 0 Å². The van der Waals surface area contributed by atoms with Crippen molar-refractivity contribution in [3.8, 4) is 0 Å². The topological polar surface area (TPSA) is 358 Å². The highest BCUT2D eigenvalue weighted by Crippen LogP contribution is 2.25. The van der Waals surface area contributed by atoms with Gasteiger partial charge >= 0.3 is 36.0 Å². The Morgan fingerprint density at radius 3 is 1.08 bits per heavy atom.